The van der Waals surface area contributed by atoms with Crippen LogP contribution in [0.25, 0.3) is 0 Å². The van der Waals surface area contributed by atoms with Crippen LogP contribution in [-0.4, -0.2) is 25.3 Å². The molecular weight excluding hydrogens is 174 g/mol. The Labute approximate surface area is 87.4 Å². The van der Waals surface area contributed by atoms with E-state index >= 15 is 0 Å². The molecule has 2 heteroatoms. The molecule has 14 heavy (non-hydrogen) atoms. The van der Waals surface area contributed by atoms with Crippen molar-refractivity contribution < 1.29 is 4.74 Å². The van der Waals surface area contributed by atoms with Crippen LogP contribution in [0.2, 0.25) is 0 Å². The summed E-state index contributed by atoms with van der Waals surface area (Å²) in [5, 5.41) is 3.40. The van der Waals surface area contributed by atoms with E-state index in [2.05, 4.69) is 12.2 Å². The summed E-state index contributed by atoms with van der Waals surface area (Å²) < 4.78 is 6.10. The van der Waals surface area contributed by atoms with Crippen LogP contribution in [0.5, 0.6) is 0 Å². The minimum atomic E-state index is 0.282. The SMILES string of the molecule is CCNCCC1(OCC2CC2)CCC1. The molecule has 2 aliphatic rings. The molecule has 0 aromatic heterocycles. The van der Waals surface area contributed by atoms with Crippen molar-refractivity contribution in [2.24, 2.45) is 5.92 Å². The van der Waals surface area contributed by atoms with Gasteiger partial charge in [0.2, 0.25) is 0 Å². The van der Waals surface area contributed by atoms with Crippen LogP contribution < -0.4 is 5.32 Å². The first-order valence-electron chi connectivity index (χ1n) is 6.19. The standard InChI is InChI=1S/C12H23NO/c1-2-13-9-8-12(6-3-7-12)14-10-11-4-5-11/h11,13H,2-10H2,1H3. The van der Waals surface area contributed by atoms with Gasteiger partial charge in [-0.25, -0.2) is 0 Å². The van der Waals surface area contributed by atoms with Gasteiger partial charge in [0.05, 0.1) is 12.2 Å². The molecule has 0 aromatic rings. The second-order valence-electron chi connectivity index (χ2n) is 4.89. The Hall–Kier alpha value is -0.0800. The second-order valence-corrected chi connectivity index (χ2v) is 4.89. The Morgan fingerprint density at radius 3 is 2.64 bits per heavy atom. The van der Waals surface area contributed by atoms with E-state index in [0.717, 1.165) is 25.6 Å². The van der Waals surface area contributed by atoms with Gasteiger partial charge < -0.3 is 10.1 Å². The molecule has 0 radical (unpaired) electrons. The van der Waals surface area contributed by atoms with Crippen LogP contribution >= 0.6 is 0 Å². The zero-order valence-electron chi connectivity index (χ0n) is 9.35. The topological polar surface area (TPSA) is 21.3 Å². The number of rotatable bonds is 7. The summed E-state index contributed by atoms with van der Waals surface area (Å²) in [4.78, 5) is 0. The van der Waals surface area contributed by atoms with E-state index in [1.165, 1.54) is 38.5 Å². The van der Waals surface area contributed by atoms with Crippen LogP contribution in [-0.2, 0) is 4.74 Å². The molecule has 0 aromatic carbocycles. The lowest BCUT2D eigenvalue weighted by Crippen LogP contribution is -2.43. The first kappa shape index (κ1) is 10.4. The predicted octanol–water partition coefficient (Wildman–Crippen LogP) is 2.34. The molecule has 0 atom stereocenters. The Bertz CT molecular complexity index is 173. The summed E-state index contributed by atoms with van der Waals surface area (Å²) in [6, 6.07) is 0. The smallest absolute Gasteiger partial charge is 0.0694 e. The molecule has 0 heterocycles. The molecule has 2 rings (SSSR count). The van der Waals surface area contributed by atoms with Crippen molar-refractivity contribution in [3.63, 3.8) is 0 Å². The van der Waals surface area contributed by atoms with Crippen LogP contribution in [0.1, 0.15) is 45.4 Å². The van der Waals surface area contributed by atoms with E-state index in [-0.39, 0.29) is 5.60 Å². The minimum absolute atomic E-state index is 0.282. The van der Waals surface area contributed by atoms with Crippen LogP contribution in [0.15, 0.2) is 0 Å². The van der Waals surface area contributed by atoms with Crippen molar-refractivity contribution in [3.05, 3.63) is 0 Å². The number of nitrogens with one attached hydrogen (secondary N) is 1. The normalized spacial score (nSPS) is 24.6. The Balaban J connectivity index is 1.65. The lowest BCUT2D eigenvalue weighted by molar-refractivity contribution is -0.108. The van der Waals surface area contributed by atoms with Crippen molar-refractivity contribution in [2.75, 3.05) is 19.7 Å². The molecule has 2 fully saturated rings. The van der Waals surface area contributed by atoms with E-state index in [1.807, 2.05) is 0 Å². The van der Waals surface area contributed by atoms with Crippen molar-refractivity contribution in [2.45, 2.75) is 51.0 Å². The average Bonchev–Trinajstić information content (AvgIpc) is 2.92. The summed E-state index contributed by atoms with van der Waals surface area (Å²) >= 11 is 0. The van der Waals surface area contributed by atoms with Crippen molar-refractivity contribution in [3.8, 4) is 0 Å². The van der Waals surface area contributed by atoms with E-state index in [1.54, 1.807) is 0 Å². The number of ether oxygens (including phenoxy) is 1. The molecule has 82 valence electrons. The highest BCUT2D eigenvalue weighted by Gasteiger charge is 2.38. The maximum absolute atomic E-state index is 6.10. The fourth-order valence-electron chi connectivity index (χ4n) is 2.11. The lowest BCUT2D eigenvalue weighted by Gasteiger charge is -2.42. The highest BCUT2D eigenvalue weighted by molar-refractivity contribution is 4.91. The van der Waals surface area contributed by atoms with Crippen LogP contribution in [0.4, 0.5) is 0 Å². The molecule has 0 bridgehead atoms. The van der Waals surface area contributed by atoms with E-state index in [0.29, 0.717) is 0 Å². The molecule has 0 saturated heterocycles. The van der Waals surface area contributed by atoms with Crippen molar-refractivity contribution >= 4 is 0 Å². The molecule has 0 unspecified atom stereocenters. The first-order chi connectivity index (χ1) is 6.85. The largest absolute Gasteiger partial charge is 0.375 e. The molecule has 2 saturated carbocycles. The average molecular weight is 197 g/mol. The zero-order valence-corrected chi connectivity index (χ0v) is 9.35. The van der Waals surface area contributed by atoms with Gasteiger partial charge in [-0.3, -0.25) is 0 Å². The van der Waals surface area contributed by atoms with Gasteiger partial charge in [0.1, 0.15) is 0 Å². The third-order valence-corrected chi connectivity index (χ3v) is 3.59. The summed E-state index contributed by atoms with van der Waals surface area (Å²) in [5.41, 5.74) is 0.282. The lowest BCUT2D eigenvalue weighted by atomic mass is 9.77. The fraction of sp³-hybridized carbons (Fsp3) is 1.00. The molecule has 0 spiro atoms. The van der Waals surface area contributed by atoms with Gasteiger partial charge in [-0.2, -0.15) is 0 Å². The van der Waals surface area contributed by atoms with Gasteiger partial charge in [-0.05, 0) is 57.5 Å². The fourth-order valence-corrected chi connectivity index (χ4v) is 2.11. The Morgan fingerprint density at radius 1 is 1.36 bits per heavy atom. The third-order valence-electron chi connectivity index (χ3n) is 3.59. The molecule has 0 amide bonds. The number of hydrogen-bond donors (Lipinski definition) is 1. The monoisotopic (exact) mass is 197 g/mol. The zero-order chi connectivity index (χ0) is 9.86. The third kappa shape index (κ3) is 2.71. The second kappa shape index (κ2) is 4.63. The number of hydrogen-bond acceptors (Lipinski definition) is 2. The maximum atomic E-state index is 6.10. The quantitative estimate of drug-likeness (QED) is 0.632. The highest BCUT2D eigenvalue weighted by Crippen LogP contribution is 2.40. The molecule has 1 N–H and O–H groups in total. The van der Waals surface area contributed by atoms with Crippen LogP contribution in [0.3, 0.4) is 0 Å². The highest BCUT2D eigenvalue weighted by atomic mass is 16.5. The minimum Gasteiger partial charge on any atom is -0.375 e. The summed E-state index contributed by atoms with van der Waals surface area (Å²) in [7, 11) is 0. The van der Waals surface area contributed by atoms with Gasteiger partial charge in [0.15, 0.2) is 0 Å². The summed E-state index contributed by atoms with van der Waals surface area (Å²) in [6.45, 7) is 5.41. The van der Waals surface area contributed by atoms with Crippen LogP contribution in [0, 0.1) is 5.92 Å². The van der Waals surface area contributed by atoms with Crippen molar-refractivity contribution in [1.82, 2.24) is 5.32 Å². The first-order valence-corrected chi connectivity index (χ1v) is 6.19. The molecule has 2 nitrogen and oxygen atoms in total. The summed E-state index contributed by atoms with van der Waals surface area (Å²) in [5.74, 6) is 0.909. The van der Waals surface area contributed by atoms with Crippen molar-refractivity contribution in [1.29, 1.82) is 0 Å². The summed E-state index contributed by atoms with van der Waals surface area (Å²) in [6.07, 6.45) is 7.99. The van der Waals surface area contributed by atoms with E-state index < -0.39 is 0 Å². The Morgan fingerprint density at radius 2 is 2.14 bits per heavy atom. The van der Waals surface area contributed by atoms with Gasteiger partial charge in [-0.15, -0.1) is 0 Å². The van der Waals surface area contributed by atoms with E-state index in [4.69, 9.17) is 4.74 Å². The Kier molecular flexibility index (Phi) is 3.45. The predicted molar refractivity (Wildman–Crippen MR) is 58.4 cm³/mol. The van der Waals surface area contributed by atoms with E-state index in [9.17, 15) is 0 Å². The van der Waals surface area contributed by atoms with Gasteiger partial charge >= 0.3 is 0 Å². The molecular formula is C12H23NO. The van der Waals surface area contributed by atoms with Gasteiger partial charge in [0, 0.05) is 0 Å². The maximum Gasteiger partial charge on any atom is 0.0694 e. The van der Waals surface area contributed by atoms with Gasteiger partial charge in [-0.1, -0.05) is 6.92 Å². The molecule has 2 aliphatic carbocycles. The molecule has 0 aliphatic heterocycles. The van der Waals surface area contributed by atoms with Gasteiger partial charge in [0.25, 0.3) is 0 Å².